The Bertz CT molecular complexity index is 623. The second-order valence-corrected chi connectivity index (χ2v) is 6.33. The first-order valence-electron chi connectivity index (χ1n) is 7.62. The standard InChI is InChI=1S/C19H23NO2S/c1-20(14-16-6-11-18(23-3)12-7-16)19(21)13-8-15-4-9-17(22-2)10-5-15/h4-7,9-12H,8,13-14H2,1-3H3. The third-order valence-corrected chi connectivity index (χ3v) is 4.53. The number of ether oxygens (including phenoxy) is 1. The van der Waals surface area contributed by atoms with Crippen molar-refractivity contribution < 1.29 is 9.53 Å². The van der Waals surface area contributed by atoms with Crippen molar-refractivity contribution in [2.45, 2.75) is 24.3 Å². The molecule has 0 aliphatic heterocycles. The predicted octanol–water partition coefficient (Wildman–Crippen LogP) is 4.01. The minimum Gasteiger partial charge on any atom is -0.497 e. The zero-order valence-electron chi connectivity index (χ0n) is 13.9. The monoisotopic (exact) mass is 329 g/mol. The number of methoxy groups -OCH3 is 1. The lowest BCUT2D eigenvalue weighted by atomic mass is 10.1. The van der Waals surface area contributed by atoms with Gasteiger partial charge in [-0.3, -0.25) is 4.79 Å². The summed E-state index contributed by atoms with van der Waals surface area (Å²) in [6.07, 6.45) is 3.33. The number of amides is 1. The smallest absolute Gasteiger partial charge is 0.222 e. The van der Waals surface area contributed by atoms with Gasteiger partial charge in [-0.25, -0.2) is 0 Å². The Balaban J connectivity index is 1.83. The summed E-state index contributed by atoms with van der Waals surface area (Å²) in [4.78, 5) is 15.3. The number of hydrogen-bond donors (Lipinski definition) is 0. The molecule has 0 radical (unpaired) electrons. The van der Waals surface area contributed by atoms with Crippen LogP contribution in [-0.2, 0) is 17.8 Å². The fourth-order valence-corrected chi connectivity index (χ4v) is 2.74. The van der Waals surface area contributed by atoms with Crippen molar-refractivity contribution in [2.24, 2.45) is 0 Å². The van der Waals surface area contributed by atoms with Crippen LogP contribution in [0.15, 0.2) is 53.4 Å². The molecule has 2 aromatic carbocycles. The van der Waals surface area contributed by atoms with E-state index in [1.54, 1.807) is 23.8 Å². The molecule has 1 amide bonds. The van der Waals surface area contributed by atoms with Crippen LogP contribution in [0.5, 0.6) is 5.75 Å². The van der Waals surface area contributed by atoms with E-state index in [1.165, 1.54) is 4.90 Å². The molecule has 0 atom stereocenters. The Morgan fingerprint density at radius 1 is 1.04 bits per heavy atom. The van der Waals surface area contributed by atoms with Crippen LogP contribution in [0.2, 0.25) is 0 Å². The summed E-state index contributed by atoms with van der Waals surface area (Å²) in [7, 11) is 3.51. The first kappa shape index (κ1) is 17.4. The van der Waals surface area contributed by atoms with Crippen LogP contribution < -0.4 is 4.74 Å². The van der Waals surface area contributed by atoms with Crippen molar-refractivity contribution in [1.29, 1.82) is 0 Å². The molecule has 0 aliphatic carbocycles. The molecule has 0 aromatic heterocycles. The van der Waals surface area contributed by atoms with Crippen molar-refractivity contribution in [1.82, 2.24) is 4.90 Å². The van der Waals surface area contributed by atoms with E-state index in [0.717, 1.165) is 23.3 Å². The number of nitrogens with zero attached hydrogens (tertiary/aromatic N) is 1. The first-order valence-corrected chi connectivity index (χ1v) is 8.84. The Morgan fingerprint density at radius 2 is 1.65 bits per heavy atom. The van der Waals surface area contributed by atoms with Gasteiger partial charge in [0.1, 0.15) is 5.75 Å². The Labute approximate surface area is 142 Å². The normalized spacial score (nSPS) is 10.4. The molecule has 0 fully saturated rings. The largest absolute Gasteiger partial charge is 0.497 e. The molecular weight excluding hydrogens is 306 g/mol. The number of hydrogen-bond acceptors (Lipinski definition) is 3. The molecule has 0 bridgehead atoms. The molecule has 0 aliphatic rings. The maximum Gasteiger partial charge on any atom is 0.222 e. The maximum atomic E-state index is 12.3. The van der Waals surface area contributed by atoms with Crippen LogP contribution in [0, 0.1) is 0 Å². The fraction of sp³-hybridized carbons (Fsp3) is 0.316. The van der Waals surface area contributed by atoms with Crippen LogP contribution in [0.4, 0.5) is 0 Å². The highest BCUT2D eigenvalue weighted by molar-refractivity contribution is 7.98. The summed E-state index contributed by atoms with van der Waals surface area (Å²) < 4.78 is 5.14. The van der Waals surface area contributed by atoms with E-state index >= 15 is 0 Å². The minimum absolute atomic E-state index is 0.162. The Hall–Kier alpha value is -1.94. The molecule has 23 heavy (non-hydrogen) atoms. The fourth-order valence-electron chi connectivity index (χ4n) is 2.33. The SMILES string of the molecule is COc1ccc(CCC(=O)N(C)Cc2ccc(SC)cc2)cc1. The van der Waals surface area contributed by atoms with Gasteiger partial charge in [-0.1, -0.05) is 24.3 Å². The van der Waals surface area contributed by atoms with Crippen molar-refractivity contribution in [3.63, 3.8) is 0 Å². The van der Waals surface area contributed by atoms with E-state index in [2.05, 4.69) is 30.5 Å². The molecule has 0 spiro atoms. The Kier molecular flexibility index (Phi) is 6.53. The molecule has 0 unspecified atom stereocenters. The lowest BCUT2D eigenvalue weighted by molar-refractivity contribution is -0.130. The number of thioether (sulfide) groups is 1. The van der Waals surface area contributed by atoms with Crippen LogP contribution in [0.1, 0.15) is 17.5 Å². The third-order valence-electron chi connectivity index (χ3n) is 3.79. The highest BCUT2D eigenvalue weighted by atomic mass is 32.2. The van der Waals surface area contributed by atoms with Crippen molar-refractivity contribution in [3.05, 3.63) is 59.7 Å². The molecule has 0 N–H and O–H groups in total. The van der Waals surface area contributed by atoms with Crippen LogP contribution in [-0.4, -0.2) is 31.2 Å². The molecular formula is C19H23NO2S. The first-order chi connectivity index (χ1) is 11.1. The van der Waals surface area contributed by atoms with Crippen LogP contribution >= 0.6 is 11.8 Å². The number of carbonyl (C=O) groups is 1. The predicted molar refractivity (Wildman–Crippen MR) is 96.0 cm³/mol. The number of aryl methyl sites for hydroxylation is 1. The second kappa shape index (κ2) is 8.63. The van der Waals surface area contributed by atoms with Gasteiger partial charge in [-0.05, 0) is 48.1 Å². The summed E-state index contributed by atoms with van der Waals surface area (Å²) >= 11 is 1.72. The van der Waals surface area contributed by atoms with Gasteiger partial charge < -0.3 is 9.64 Å². The van der Waals surface area contributed by atoms with Crippen molar-refractivity contribution in [3.8, 4) is 5.75 Å². The van der Waals surface area contributed by atoms with Gasteiger partial charge in [0.2, 0.25) is 5.91 Å². The Morgan fingerprint density at radius 3 is 2.22 bits per heavy atom. The molecule has 122 valence electrons. The summed E-state index contributed by atoms with van der Waals surface area (Å²) in [5.41, 5.74) is 2.31. The van der Waals surface area contributed by atoms with Gasteiger partial charge >= 0.3 is 0 Å². The van der Waals surface area contributed by atoms with Crippen LogP contribution in [0.25, 0.3) is 0 Å². The second-order valence-electron chi connectivity index (χ2n) is 5.45. The third kappa shape index (κ3) is 5.32. The van der Waals surface area contributed by atoms with E-state index in [0.29, 0.717) is 13.0 Å². The minimum atomic E-state index is 0.162. The topological polar surface area (TPSA) is 29.5 Å². The average Bonchev–Trinajstić information content (AvgIpc) is 2.60. The molecule has 3 nitrogen and oxygen atoms in total. The summed E-state index contributed by atoms with van der Waals surface area (Å²) in [6.45, 7) is 0.649. The maximum absolute atomic E-state index is 12.3. The van der Waals surface area contributed by atoms with E-state index < -0.39 is 0 Å². The van der Waals surface area contributed by atoms with E-state index in [4.69, 9.17) is 4.74 Å². The lowest BCUT2D eigenvalue weighted by Gasteiger charge is -2.17. The summed E-state index contributed by atoms with van der Waals surface area (Å²) in [6, 6.07) is 16.2. The van der Waals surface area contributed by atoms with E-state index in [9.17, 15) is 4.79 Å². The molecule has 4 heteroatoms. The zero-order valence-corrected chi connectivity index (χ0v) is 14.7. The molecule has 2 aromatic rings. The van der Waals surface area contributed by atoms with Gasteiger partial charge in [0.15, 0.2) is 0 Å². The highest BCUT2D eigenvalue weighted by Crippen LogP contribution is 2.16. The number of benzene rings is 2. The molecule has 0 heterocycles. The number of carbonyl (C=O) groups excluding carboxylic acids is 1. The van der Waals surface area contributed by atoms with E-state index in [-0.39, 0.29) is 5.91 Å². The number of rotatable bonds is 7. The quantitative estimate of drug-likeness (QED) is 0.719. The van der Waals surface area contributed by atoms with Gasteiger partial charge in [0, 0.05) is 24.9 Å². The highest BCUT2D eigenvalue weighted by Gasteiger charge is 2.09. The van der Waals surface area contributed by atoms with Gasteiger partial charge in [0.25, 0.3) is 0 Å². The average molecular weight is 329 g/mol. The molecule has 0 saturated heterocycles. The molecule has 0 saturated carbocycles. The van der Waals surface area contributed by atoms with Crippen molar-refractivity contribution >= 4 is 17.7 Å². The van der Waals surface area contributed by atoms with Gasteiger partial charge in [-0.2, -0.15) is 0 Å². The van der Waals surface area contributed by atoms with Crippen LogP contribution in [0.3, 0.4) is 0 Å². The lowest BCUT2D eigenvalue weighted by Crippen LogP contribution is -2.26. The van der Waals surface area contributed by atoms with Gasteiger partial charge in [-0.15, -0.1) is 11.8 Å². The van der Waals surface area contributed by atoms with E-state index in [1.807, 2.05) is 31.3 Å². The summed E-state index contributed by atoms with van der Waals surface area (Å²) in [5, 5.41) is 0. The molecule has 2 rings (SSSR count). The summed E-state index contributed by atoms with van der Waals surface area (Å²) in [5.74, 6) is 1.00. The van der Waals surface area contributed by atoms with Gasteiger partial charge in [0.05, 0.1) is 7.11 Å². The zero-order chi connectivity index (χ0) is 16.7. The van der Waals surface area contributed by atoms with Crippen molar-refractivity contribution in [2.75, 3.05) is 20.4 Å².